The number of fused-ring (bicyclic) bond motifs is 2. The number of nitriles is 1. The fourth-order valence-corrected chi connectivity index (χ4v) is 4.55. The number of nitrogens with zero attached hydrogens (tertiary/aromatic N) is 6. The zero-order chi connectivity index (χ0) is 24.7. The van der Waals surface area contributed by atoms with Crippen molar-refractivity contribution in [3.63, 3.8) is 0 Å². The number of rotatable bonds is 6. The minimum atomic E-state index is -0.396. The summed E-state index contributed by atoms with van der Waals surface area (Å²) in [6.07, 6.45) is 7.46. The molecule has 0 spiro atoms. The summed E-state index contributed by atoms with van der Waals surface area (Å²) < 4.78 is 3.46. The van der Waals surface area contributed by atoms with E-state index in [0.717, 1.165) is 40.6 Å². The highest BCUT2D eigenvalue weighted by atomic mass is 35.5. The van der Waals surface area contributed by atoms with Crippen molar-refractivity contribution in [2.24, 2.45) is 5.92 Å². The van der Waals surface area contributed by atoms with Crippen LogP contribution in [0.2, 0.25) is 5.02 Å². The van der Waals surface area contributed by atoms with Gasteiger partial charge < -0.3 is 5.73 Å². The lowest BCUT2D eigenvalue weighted by Gasteiger charge is -2.11. The van der Waals surface area contributed by atoms with Crippen LogP contribution in [0.5, 0.6) is 0 Å². The quantitative estimate of drug-likeness (QED) is 0.312. The number of nitrogens with two attached hydrogens (primary N) is 1. The summed E-state index contributed by atoms with van der Waals surface area (Å²) in [7, 11) is 0. The molecule has 0 saturated heterocycles. The Bertz CT molecular complexity index is 1630. The second-order valence-corrected chi connectivity index (χ2v) is 9.29. The fourth-order valence-electron chi connectivity index (χ4n) is 4.38. The topological polar surface area (TPSA) is 115 Å². The van der Waals surface area contributed by atoms with Gasteiger partial charge in [0, 0.05) is 28.7 Å². The average molecular weight is 486 g/mol. The minimum absolute atomic E-state index is 0.132. The van der Waals surface area contributed by atoms with Crippen LogP contribution in [0.15, 0.2) is 53.0 Å². The summed E-state index contributed by atoms with van der Waals surface area (Å²) in [5.41, 5.74) is 10.2. The van der Waals surface area contributed by atoms with Crippen LogP contribution in [0.25, 0.3) is 27.5 Å². The van der Waals surface area contributed by atoms with E-state index >= 15 is 0 Å². The molecule has 0 bridgehead atoms. The van der Waals surface area contributed by atoms with Gasteiger partial charge in [-0.3, -0.25) is 14.2 Å². The molecular weight excluding hydrogens is 462 g/mol. The van der Waals surface area contributed by atoms with Crippen LogP contribution >= 0.6 is 11.6 Å². The van der Waals surface area contributed by atoms with Gasteiger partial charge >= 0.3 is 5.69 Å². The molecule has 0 radical (unpaired) electrons. The van der Waals surface area contributed by atoms with Crippen molar-refractivity contribution in [3.05, 3.63) is 75.0 Å². The molecule has 1 aliphatic carbocycles. The highest BCUT2D eigenvalue weighted by molar-refractivity contribution is 6.31. The van der Waals surface area contributed by atoms with E-state index in [2.05, 4.69) is 16.0 Å². The summed E-state index contributed by atoms with van der Waals surface area (Å²) in [6.45, 7) is 4.68. The number of anilines is 1. The van der Waals surface area contributed by atoms with Crippen molar-refractivity contribution in [1.29, 1.82) is 5.26 Å². The number of nitrogen functional groups attached to an aromatic ring is 1. The summed E-state index contributed by atoms with van der Waals surface area (Å²) in [5.74, 6) is 0.582. The lowest BCUT2D eigenvalue weighted by molar-refractivity contribution is 0.599. The van der Waals surface area contributed by atoms with E-state index in [4.69, 9.17) is 22.4 Å². The van der Waals surface area contributed by atoms with Gasteiger partial charge in [-0.15, -0.1) is 0 Å². The first kappa shape index (κ1) is 22.8. The molecule has 0 unspecified atom stereocenters. The monoisotopic (exact) mass is 485 g/mol. The average Bonchev–Trinajstić information content (AvgIpc) is 3.58. The SMILES string of the molecule is C/C=C(C#N)\C=C(/C)c1c2c(N)nc(=O)n(CC3CC3)c2nn1Cc1ccnc2ccc(Cl)cc12. The van der Waals surface area contributed by atoms with Gasteiger partial charge in [-0.05, 0) is 74.1 Å². The largest absolute Gasteiger partial charge is 0.383 e. The smallest absolute Gasteiger partial charge is 0.351 e. The van der Waals surface area contributed by atoms with Crippen molar-refractivity contribution >= 4 is 44.9 Å². The van der Waals surface area contributed by atoms with Gasteiger partial charge in [0.15, 0.2) is 5.65 Å². The molecule has 3 heterocycles. The highest BCUT2D eigenvalue weighted by Gasteiger charge is 2.27. The van der Waals surface area contributed by atoms with E-state index in [1.54, 1.807) is 22.9 Å². The molecule has 1 aliphatic rings. The summed E-state index contributed by atoms with van der Waals surface area (Å²) in [6, 6.07) is 9.70. The molecule has 5 rings (SSSR count). The zero-order valence-electron chi connectivity index (χ0n) is 19.5. The van der Waals surface area contributed by atoms with Gasteiger partial charge in [0.2, 0.25) is 0 Å². The Kier molecular flexibility index (Phi) is 5.87. The lowest BCUT2D eigenvalue weighted by atomic mass is 10.1. The molecule has 9 heteroatoms. The Hall–Kier alpha value is -3.96. The van der Waals surface area contributed by atoms with Crippen molar-refractivity contribution in [1.82, 2.24) is 24.3 Å². The van der Waals surface area contributed by atoms with E-state index in [0.29, 0.717) is 40.6 Å². The summed E-state index contributed by atoms with van der Waals surface area (Å²) >= 11 is 6.28. The molecule has 4 aromatic rings. The van der Waals surface area contributed by atoms with E-state index in [9.17, 15) is 10.1 Å². The third-order valence-electron chi connectivity index (χ3n) is 6.33. The van der Waals surface area contributed by atoms with Crippen molar-refractivity contribution in [3.8, 4) is 6.07 Å². The van der Waals surface area contributed by atoms with Gasteiger partial charge in [0.05, 0.1) is 29.2 Å². The molecule has 35 heavy (non-hydrogen) atoms. The van der Waals surface area contributed by atoms with E-state index in [1.807, 2.05) is 42.8 Å². The number of hydrogen-bond acceptors (Lipinski definition) is 6. The lowest BCUT2D eigenvalue weighted by Crippen LogP contribution is -2.25. The highest BCUT2D eigenvalue weighted by Crippen LogP contribution is 2.34. The second kappa shape index (κ2) is 9.01. The van der Waals surface area contributed by atoms with Gasteiger partial charge in [-0.25, -0.2) is 4.79 Å². The maximum atomic E-state index is 12.8. The second-order valence-electron chi connectivity index (χ2n) is 8.85. The molecule has 0 atom stereocenters. The van der Waals surface area contributed by atoms with Crippen LogP contribution in [0.4, 0.5) is 5.82 Å². The van der Waals surface area contributed by atoms with Crippen LogP contribution in [-0.4, -0.2) is 24.3 Å². The first-order valence-electron chi connectivity index (χ1n) is 11.4. The fraction of sp³-hybridized carbons (Fsp3) is 0.269. The van der Waals surface area contributed by atoms with Gasteiger partial charge in [0.1, 0.15) is 5.82 Å². The Morgan fingerprint density at radius 3 is 2.86 bits per heavy atom. The molecule has 0 amide bonds. The van der Waals surface area contributed by atoms with E-state index in [-0.39, 0.29) is 5.82 Å². The summed E-state index contributed by atoms with van der Waals surface area (Å²) in [5, 5.41) is 16.5. The molecule has 3 aromatic heterocycles. The predicted octanol–water partition coefficient (Wildman–Crippen LogP) is 4.71. The minimum Gasteiger partial charge on any atom is -0.383 e. The van der Waals surface area contributed by atoms with Crippen molar-refractivity contribution in [2.75, 3.05) is 5.73 Å². The molecule has 1 saturated carbocycles. The zero-order valence-corrected chi connectivity index (χ0v) is 20.3. The van der Waals surface area contributed by atoms with Gasteiger partial charge in [-0.1, -0.05) is 17.7 Å². The van der Waals surface area contributed by atoms with E-state index in [1.165, 1.54) is 0 Å². The third-order valence-corrected chi connectivity index (χ3v) is 6.57. The first-order valence-corrected chi connectivity index (χ1v) is 11.8. The predicted molar refractivity (Wildman–Crippen MR) is 138 cm³/mol. The molecule has 1 fully saturated rings. The Labute approximate surface area is 207 Å². The Balaban J connectivity index is 1.77. The Morgan fingerprint density at radius 2 is 2.14 bits per heavy atom. The van der Waals surface area contributed by atoms with Crippen LogP contribution in [0.3, 0.4) is 0 Å². The van der Waals surface area contributed by atoms with Crippen LogP contribution in [-0.2, 0) is 13.1 Å². The van der Waals surface area contributed by atoms with Gasteiger partial charge in [0.25, 0.3) is 0 Å². The summed E-state index contributed by atoms with van der Waals surface area (Å²) in [4.78, 5) is 21.4. The number of halogens is 1. The van der Waals surface area contributed by atoms with E-state index < -0.39 is 5.69 Å². The first-order chi connectivity index (χ1) is 16.9. The maximum absolute atomic E-state index is 12.8. The number of allylic oxidation sites excluding steroid dienone is 4. The number of aromatic nitrogens is 5. The number of pyridine rings is 1. The van der Waals surface area contributed by atoms with Crippen LogP contribution < -0.4 is 11.4 Å². The molecule has 0 aliphatic heterocycles. The molecule has 176 valence electrons. The van der Waals surface area contributed by atoms with Crippen molar-refractivity contribution in [2.45, 2.75) is 39.8 Å². The standard InChI is InChI=1S/C26H24ClN7O/c1-3-16(12-28)10-15(2)23-22-24(29)31-26(35)33(13-17-4-5-17)25(22)32-34(23)14-18-8-9-30-21-7-6-19(27)11-20(18)21/h3,6-11,17H,4-5,13-14H2,1-2H3,(H2,29,31,35)/b15-10+,16-3+. The Morgan fingerprint density at radius 1 is 1.34 bits per heavy atom. The van der Waals surface area contributed by atoms with Crippen LogP contribution in [0.1, 0.15) is 37.9 Å². The van der Waals surface area contributed by atoms with Crippen molar-refractivity contribution < 1.29 is 0 Å². The molecular formula is C26H24ClN7O. The maximum Gasteiger partial charge on any atom is 0.351 e. The number of benzene rings is 1. The van der Waals surface area contributed by atoms with Gasteiger partial charge in [-0.2, -0.15) is 15.3 Å². The van der Waals surface area contributed by atoms with Crippen LogP contribution in [0, 0.1) is 17.2 Å². The normalized spacial score (nSPS) is 14.6. The third kappa shape index (κ3) is 4.31. The molecule has 8 nitrogen and oxygen atoms in total. The number of hydrogen-bond donors (Lipinski definition) is 1. The molecule has 2 N–H and O–H groups in total. The molecule has 1 aromatic carbocycles.